The lowest BCUT2D eigenvalue weighted by Gasteiger charge is -2.34. The number of hydrogen-bond donors (Lipinski definition) is 2. The summed E-state index contributed by atoms with van der Waals surface area (Å²) < 4.78 is 7.62. The van der Waals surface area contributed by atoms with E-state index in [1.54, 1.807) is 11.7 Å². The number of ether oxygens (including phenoxy) is 1. The Labute approximate surface area is 143 Å². The van der Waals surface area contributed by atoms with Crippen LogP contribution in [0.15, 0.2) is 17.4 Å². The number of rotatable bonds is 6. The Morgan fingerprint density at radius 2 is 2.29 bits per heavy atom. The standard InChI is InChI=1S/C16H28N6O2/c1-4-6-18-15(23)5-7-19-16(17-2)22-8-9-24-14(12-22)13-10-20-21(3)11-13/h10-11,14H,4-9,12H2,1-3H3,(H,17,19)(H,18,23). The van der Waals surface area contributed by atoms with Gasteiger partial charge in [0.25, 0.3) is 0 Å². The van der Waals surface area contributed by atoms with Gasteiger partial charge in [0.15, 0.2) is 5.96 Å². The van der Waals surface area contributed by atoms with Crippen molar-refractivity contribution in [2.45, 2.75) is 25.9 Å². The number of guanidine groups is 1. The van der Waals surface area contributed by atoms with Crippen molar-refractivity contribution in [3.63, 3.8) is 0 Å². The molecule has 1 aliphatic rings. The number of nitrogens with zero attached hydrogens (tertiary/aromatic N) is 4. The van der Waals surface area contributed by atoms with Gasteiger partial charge in [-0.1, -0.05) is 6.92 Å². The molecule has 1 aliphatic heterocycles. The first-order valence-corrected chi connectivity index (χ1v) is 8.46. The molecule has 0 spiro atoms. The van der Waals surface area contributed by atoms with Gasteiger partial charge >= 0.3 is 0 Å². The highest BCUT2D eigenvalue weighted by Crippen LogP contribution is 2.21. The predicted molar refractivity (Wildman–Crippen MR) is 92.8 cm³/mol. The molecule has 24 heavy (non-hydrogen) atoms. The Morgan fingerprint density at radius 3 is 2.96 bits per heavy atom. The molecule has 134 valence electrons. The van der Waals surface area contributed by atoms with Gasteiger partial charge in [-0.3, -0.25) is 14.5 Å². The Morgan fingerprint density at radius 1 is 1.46 bits per heavy atom. The molecule has 0 saturated carbocycles. The van der Waals surface area contributed by atoms with Gasteiger partial charge < -0.3 is 20.3 Å². The quantitative estimate of drug-likeness (QED) is 0.576. The van der Waals surface area contributed by atoms with Crippen LogP contribution in [0, 0.1) is 0 Å². The number of carbonyl (C=O) groups is 1. The number of aryl methyl sites for hydroxylation is 1. The summed E-state index contributed by atoms with van der Waals surface area (Å²) in [6.45, 7) is 5.46. The van der Waals surface area contributed by atoms with Crippen LogP contribution in [-0.2, 0) is 16.6 Å². The zero-order chi connectivity index (χ0) is 17.4. The molecule has 2 rings (SSSR count). The first-order valence-electron chi connectivity index (χ1n) is 8.46. The van der Waals surface area contributed by atoms with E-state index in [-0.39, 0.29) is 12.0 Å². The van der Waals surface area contributed by atoms with E-state index < -0.39 is 0 Å². The van der Waals surface area contributed by atoms with E-state index in [0.29, 0.717) is 26.1 Å². The normalized spacial score (nSPS) is 18.5. The Bertz CT molecular complexity index is 557. The van der Waals surface area contributed by atoms with Crippen molar-refractivity contribution in [3.05, 3.63) is 18.0 Å². The van der Waals surface area contributed by atoms with Crippen molar-refractivity contribution in [1.82, 2.24) is 25.3 Å². The Balaban J connectivity index is 1.82. The number of aromatic nitrogens is 2. The second-order valence-electron chi connectivity index (χ2n) is 5.83. The van der Waals surface area contributed by atoms with Crippen LogP contribution in [0.3, 0.4) is 0 Å². The van der Waals surface area contributed by atoms with Gasteiger partial charge in [-0.25, -0.2) is 0 Å². The maximum Gasteiger partial charge on any atom is 0.221 e. The van der Waals surface area contributed by atoms with Crippen LogP contribution in [0.4, 0.5) is 0 Å². The molecule has 1 fully saturated rings. The Hall–Kier alpha value is -2.09. The van der Waals surface area contributed by atoms with E-state index in [4.69, 9.17) is 4.74 Å². The van der Waals surface area contributed by atoms with Crippen molar-refractivity contribution in [1.29, 1.82) is 0 Å². The van der Waals surface area contributed by atoms with Crippen LogP contribution in [0.25, 0.3) is 0 Å². The maximum absolute atomic E-state index is 11.7. The number of aliphatic imine (C=N–C) groups is 1. The van der Waals surface area contributed by atoms with E-state index in [1.807, 2.05) is 26.4 Å². The van der Waals surface area contributed by atoms with Gasteiger partial charge in [-0.05, 0) is 6.42 Å². The number of nitrogens with one attached hydrogen (secondary N) is 2. The summed E-state index contributed by atoms with van der Waals surface area (Å²) in [5, 5.41) is 10.3. The van der Waals surface area contributed by atoms with Crippen molar-refractivity contribution in [3.8, 4) is 0 Å². The number of amides is 1. The molecule has 0 radical (unpaired) electrons. The molecule has 1 amide bonds. The van der Waals surface area contributed by atoms with Gasteiger partial charge in [-0.15, -0.1) is 0 Å². The minimum absolute atomic E-state index is 0.0150. The lowest BCUT2D eigenvalue weighted by Crippen LogP contribution is -2.48. The lowest BCUT2D eigenvalue weighted by atomic mass is 10.1. The summed E-state index contributed by atoms with van der Waals surface area (Å²) in [6.07, 6.45) is 5.18. The fourth-order valence-corrected chi connectivity index (χ4v) is 2.62. The van der Waals surface area contributed by atoms with E-state index in [1.165, 1.54) is 0 Å². The molecule has 0 bridgehead atoms. The average molecular weight is 336 g/mol. The summed E-state index contributed by atoms with van der Waals surface area (Å²) in [5.41, 5.74) is 1.07. The monoisotopic (exact) mass is 336 g/mol. The third kappa shape index (κ3) is 5.23. The fourth-order valence-electron chi connectivity index (χ4n) is 2.62. The van der Waals surface area contributed by atoms with Gasteiger partial charge in [-0.2, -0.15) is 5.10 Å². The second-order valence-corrected chi connectivity index (χ2v) is 5.83. The minimum atomic E-state index is -0.0150. The highest BCUT2D eigenvalue weighted by molar-refractivity contribution is 5.81. The SMILES string of the molecule is CCCNC(=O)CCNC(=NC)N1CCOC(c2cnn(C)c2)C1. The van der Waals surface area contributed by atoms with Crippen LogP contribution < -0.4 is 10.6 Å². The lowest BCUT2D eigenvalue weighted by molar-refractivity contribution is -0.120. The molecule has 1 aromatic heterocycles. The summed E-state index contributed by atoms with van der Waals surface area (Å²) in [5.74, 6) is 0.866. The molecule has 1 saturated heterocycles. The van der Waals surface area contributed by atoms with Gasteiger partial charge in [0.1, 0.15) is 6.10 Å². The molecule has 2 N–H and O–H groups in total. The van der Waals surface area contributed by atoms with E-state index >= 15 is 0 Å². The third-order valence-corrected chi connectivity index (χ3v) is 3.88. The van der Waals surface area contributed by atoms with Gasteiger partial charge in [0.2, 0.25) is 5.91 Å². The molecule has 0 aromatic carbocycles. The maximum atomic E-state index is 11.7. The van der Waals surface area contributed by atoms with Crippen molar-refractivity contribution in [2.24, 2.45) is 12.0 Å². The first kappa shape index (κ1) is 18.3. The van der Waals surface area contributed by atoms with E-state index in [2.05, 4.69) is 25.6 Å². The molecule has 8 nitrogen and oxygen atoms in total. The summed E-state index contributed by atoms with van der Waals surface area (Å²) in [4.78, 5) is 18.1. The zero-order valence-electron chi connectivity index (χ0n) is 14.8. The molecular weight excluding hydrogens is 308 g/mol. The van der Waals surface area contributed by atoms with Crippen LogP contribution in [0.1, 0.15) is 31.4 Å². The highest BCUT2D eigenvalue weighted by Gasteiger charge is 2.25. The summed E-state index contributed by atoms with van der Waals surface area (Å²) >= 11 is 0. The number of morpholine rings is 1. The van der Waals surface area contributed by atoms with E-state index in [0.717, 1.165) is 31.0 Å². The molecular formula is C16H28N6O2. The van der Waals surface area contributed by atoms with Crippen molar-refractivity contribution < 1.29 is 9.53 Å². The summed E-state index contributed by atoms with van der Waals surface area (Å²) in [6, 6.07) is 0. The molecule has 2 heterocycles. The van der Waals surface area contributed by atoms with Gasteiger partial charge in [0.05, 0.1) is 19.3 Å². The van der Waals surface area contributed by atoms with Crippen LogP contribution in [0.2, 0.25) is 0 Å². The summed E-state index contributed by atoms with van der Waals surface area (Å²) in [7, 11) is 3.65. The molecule has 1 unspecified atom stereocenters. The molecule has 0 aliphatic carbocycles. The molecule has 1 atom stereocenters. The van der Waals surface area contributed by atoms with Crippen molar-refractivity contribution >= 4 is 11.9 Å². The smallest absolute Gasteiger partial charge is 0.221 e. The second kappa shape index (κ2) is 9.27. The third-order valence-electron chi connectivity index (χ3n) is 3.88. The predicted octanol–water partition coefficient (Wildman–Crippen LogP) is 0.285. The first-order chi connectivity index (χ1) is 11.6. The molecule has 8 heteroatoms. The molecule has 1 aromatic rings. The largest absolute Gasteiger partial charge is 0.370 e. The van der Waals surface area contributed by atoms with Crippen LogP contribution >= 0.6 is 0 Å². The van der Waals surface area contributed by atoms with Crippen LogP contribution in [-0.4, -0.2) is 66.4 Å². The minimum Gasteiger partial charge on any atom is -0.370 e. The van der Waals surface area contributed by atoms with Gasteiger partial charge in [0, 0.05) is 51.9 Å². The Kier molecular flexibility index (Phi) is 7.05. The van der Waals surface area contributed by atoms with Crippen molar-refractivity contribution in [2.75, 3.05) is 39.8 Å². The highest BCUT2D eigenvalue weighted by atomic mass is 16.5. The van der Waals surface area contributed by atoms with E-state index in [9.17, 15) is 4.79 Å². The average Bonchev–Trinajstić information content (AvgIpc) is 3.03. The number of carbonyl (C=O) groups excluding carboxylic acids is 1. The van der Waals surface area contributed by atoms with Crippen LogP contribution in [0.5, 0.6) is 0 Å². The number of hydrogen-bond acceptors (Lipinski definition) is 4. The zero-order valence-corrected chi connectivity index (χ0v) is 14.8. The topological polar surface area (TPSA) is 83.8 Å². The fraction of sp³-hybridized carbons (Fsp3) is 0.688.